The molecule has 0 amide bonds. The Labute approximate surface area is 87.9 Å². The number of imidazole rings is 2. The van der Waals surface area contributed by atoms with Gasteiger partial charge in [0.2, 0.25) is 0 Å². The van der Waals surface area contributed by atoms with Crippen molar-refractivity contribution < 1.29 is 0 Å². The third-order valence-corrected chi connectivity index (χ3v) is 2.01. The second-order valence-electron chi connectivity index (χ2n) is 3.20. The number of aromatic amines is 1. The average Bonchev–Trinajstić information content (AvgIpc) is 2.88. The fraction of sp³-hybridized carbons (Fsp3) is 0.300. The molecule has 0 aliphatic heterocycles. The van der Waals surface area contributed by atoms with Crippen LogP contribution < -0.4 is 0 Å². The highest BCUT2D eigenvalue weighted by molar-refractivity contribution is 5.76. The van der Waals surface area contributed by atoms with Crippen molar-refractivity contribution >= 4 is 6.21 Å². The molecule has 5 nitrogen and oxygen atoms in total. The van der Waals surface area contributed by atoms with E-state index in [9.17, 15) is 0 Å². The maximum absolute atomic E-state index is 4.28. The van der Waals surface area contributed by atoms with Crippen molar-refractivity contribution in [2.45, 2.75) is 13.0 Å². The van der Waals surface area contributed by atoms with Crippen LogP contribution in [0, 0.1) is 0 Å². The molecule has 0 fully saturated rings. The number of hydrogen-bond acceptors (Lipinski definition) is 3. The molecule has 0 radical (unpaired) electrons. The molecular formula is C10H13N5. The van der Waals surface area contributed by atoms with E-state index in [0.29, 0.717) is 0 Å². The third-order valence-electron chi connectivity index (χ3n) is 2.01. The molecule has 2 heterocycles. The van der Waals surface area contributed by atoms with E-state index in [4.69, 9.17) is 0 Å². The minimum absolute atomic E-state index is 0.817. The number of hydrogen-bond donors (Lipinski definition) is 1. The number of nitrogens with one attached hydrogen (secondary N) is 1. The molecule has 15 heavy (non-hydrogen) atoms. The van der Waals surface area contributed by atoms with Crippen LogP contribution in [0.2, 0.25) is 0 Å². The molecule has 0 unspecified atom stereocenters. The molecule has 1 N–H and O–H groups in total. The van der Waals surface area contributed by atoms with Crippen LogP contribution >= 0.6 is 0 Å². The van der Waals surface area contributed by atoms with Gasteiger partial charge in [0, 0.05) is 31.7 Å². The van der Waals surface area contributed by atoms with E-state index < -0.39 is 0 Å². The standard InChI is InChI=1S/C10H13N5/c1(4-15-5-3-12-9-15)2-11-6-10-7-13-8-14-10/h3,5-9H,1-2,4H2,(H,13,14). The Morgan fingerprint density at radius 2 is 2.47 bits per heavy atom. The van der Waals surface area contributed by atoms with Crippen molar-refractivity contribution in [3.63, 3.8) is 0 Å². The molecule has 0 saturated heterocycles. The zero-order valence-corrected chi connectivity index (χ0v) is 8.37. The number of nitrogens with zero attached hydrogens (tertiary/aromatic N) is 4. The first-order chi connectivity index (χ1) is 7.45. The van der Waals surface area contributed by atoms with Gasteiger partial charge in [-0.1, -0.05) is 0 Å². The fourth-order valence-corrected chi connectivity index (χ4v) is 1.26. The van der Waals surface area contributed by atoms with Gasteiger partial charge in [-0.25, -0.2) is 9.97 Å². The summed E-state index contributed by atoms with van der Waals surface area (Å²) in [6.45, 7) is 1.78. The molecule has 0 aromatic carbocycles. The van der Waals surface area contributed by atoms with Crippen LogP contribution in [0.15, 0.2) is 36.2 Å². The van der Waals surface area contributed by atoms with Crippen molar-refractivity contribution in [2.24, 2.45) is 4.99 Å². The molecular weight excluding hydrogens is 190 g/mol. The number of rotatable bonds is 5. The maximum Gasteiger partial charge on any atom is 0.0945 e. The molecule has 2 aromatic heterocycles. The first-order valence-electron chi connectivity index (χ1n) is 4.89. The van der Waals surface area contributed by atoms with E-state index >= 15 is 0 Å². The van der Waals surface area contributed by atoms with Crippen LogP contribution in [0.5, 0.6) is 0 Å². The second kappa shape index (κ2) is 5.09. The summed E-state index contributed by atoms with van der Waals surface area (Å²) < 4.78 is 2.05. The summed E-state index contributed by atoms with van der Waals surface area (Å²) in [5, 5.41) is 0. The van der Waals surface area contributed by atoms with Gasteiger partial charge in [-0.2, -0.15) is 0 Å². The molecule has 78 valence electrons. The Kier molecular flexibility index (Phi) is 3.27. The number of aliphatic imine (C=N–C) groups is 1. The van der Waals surface area contributed by atoms with Gasteiger partial charge in [-0.05, 0) is 6.42 Å². The van der Waals surface area contributed by atoms with Crippen LogP contribution in [-0.2, 0) is 6.54 Å². The number of aryl methyl sites for hydroxylation is 1. The molecule has 0 spiro atoms. The molecule has 2 rings (SSSR count). The van der Waals surface area contributed by atoms with E-state index in [1.807, 2.05) is 17.1 Å². The largest absolute Gasteiger partial charge is 0.344 e. The van der Waals surface area contributed by atoms with Crippen molar-refractivity contribution in [2.75, 3.05) is 6.54 Å². The van der Waals surface area contributed by atoms with Crippen molar-refractivity contribution in [3.05, 3.63) is 36.9 Å². The second-order valence-corrected chi connectivity index (χ2v) is 3.20. The number of H-pyrrole nitrogens is 1. The lowest BCUT2D eigenvalue weighted by Crippen LogP contribution is -1.96. The fourth-order valence-electron chi connectivity index (χ4n) is 1.26. The summed E-state index contributed by atoms with van der Waals surface area (Å²) in [6.07, 6.45) is 11.8. The summed E-state index contributed by atoms with van der Waals surface area (Å²) in [4.78, 5) is 15.1. The monoisotopic (exact) mass is 203 g/mol. The molecule has 0 atom stereocenters. The summed E-state index contributed by atoms with van der Waals surface area (Å²) in [5.41, 5.74) is 0.942. The summed E-state index contributed by atoms with van der Waals surface area (Å²) in [7, 11) is 0. The van der Waals surface area contributed by atoms with Gasteiger partial charge in [0.05, 0.1) is 24.5 Å². The van der Waals surface area contributed by atoms with E-state index in [0.717, 1.165) is 25.2 Å². The molecule has 0 aliphatic rings. The van der Waals surface area contributed by atoms with Crippen LogP contribution in [0.4, 0.5) is 0 Å². The van der Waals surface area contributed by atoms with Crippen LogP contribution in [0.25, 0.3) is 0 Å². The SMILES string of the molecule is C(=NCCCn1ccnc1)c1cnc[nH]1. The topological polar surface area (TPSA) is 58.9 Å². The van der Waals surface area contributed by atoms with Crippen molar-refractivity contribution in [1.29, 1.82) is 0 Å². The Morgan fingerprint density at radius 3 is 3.20 bits per heavy atom. The number of aromatic nitrogens is 4. The quantitative estimate of drug-likeness (QED) is 0.584. The maximum atomic E-state index is 4.28. The van der Waals surface area contributed by atoms with Crippen LogP contribution in [0.1, 0.15) is 12.1 Å². The smallest absolute Gasteiger partial charge is 0.0945 e. The lowest BCUT2D eigenvalue weighted by molar-refractivity contribution is 0.651. The predicted molar refractivity (Wildman–Crippen MR) is 57.9 cm³/mol. The van der Waals surface area contributed by atoms with E-state index in [2.05, 4.69) is 19.9 Å². The lowest BCUT2D eigenvalue weighted by Gasteiger charge is -1.97. The van der Waals surface area contributed by atoms with Gasteiger partial charge in [0.15, 0.2) is 0 Å². The van der Waals surface area contributed by atoms with Crippen molar-refractivity contribution in [1.82, 2.24) is 19.5 Å². The predicted octanol–water partition coefficient (Wildman–Crippen LogP) is 1.12. The van der Waals surface area contributed by atoms with E-state index in [1.54, 1.807) is 24.9 Å². The Morgan fingerprint density at radius 1 is 1.47 bits per heavy atom. The van der Waals surface area contributed by atoms with Crippen molar-refractivity contribution in [3.8, 4) is 0 Å². The van der Waals surface area contributed by atoms with E-state index in [1.165, 1.54) is 0 Å². The summed E-state index contributed by atoms with van der Waals surface area (Å²) in [5.74, 6) is 0. The minimum Gasteiger partial charge on any atom is -0.344 e. The molecule has 0 saturated carbocycles. The average molecular weight is 203 g/mol. The first kappa shape index (κ1) is 9.64. The zero-order chi connectivity index (χ0) is 10.3. The highest BCUT2D eigenvalue weighted by Gasteiger charge is 1.89. The third kappa shape index (κ3) is 3.05. The van der Waals surface area contributed by atoms with Gasteiger partial charge >= 0.3 is 0 Å². The minimum atomic E-state index is 0.817. The highest BCUT2D eigenvalue weighted by atomic mass is 15.0. The lowest BCUT2D eigenvalue weighted by atomic mass is 10.4. The Balaban J connectivity index is 1.67. The normalized spacial score (nSPS) is 11.2. The molecule has 2 aromatic rings. The molecule has 5 heteroatoms. The molecule has 0 aliphatic carbocycles. The highest BCUT2D eigenvalue weighted by Crippen LogP contribution is 1.91. The van der Waals surface area contributed by atoms with E-state index in [-0.39, 0.29) is 0 Å². The van der Waals surface area contributed by atoms with Gasteiger partial charge in [0.1, 0.15) is 0 Å². The zero-order valence-electron chi connectivity index (χ0n) is 8.37. The van der Waals surface area contributed by atoms with Crippen LogP contribution in [-0.4, -0.2) is 32.3 Å². The van der Waals surface area contributed by atoms with Gasteiger partial charge in [-0.3, -0.25) is 4.99 Å². The molecule has 0 bridgehead atoms. The van der Waals surface area contributed by atoms with Gasteiger partial charge in [0.25, 0.3) is 0 Å². The first-order valence-corrected chi connectivity index (χ1v) is 4.89. The summed E-state index contributed by atoms with van der Waals surface area (Å²) >= 11 is 0. The Bertz CT molecular complexity index is 387. The van der Waals surface area contributed by atoms with Gasteiger partial charge in [-0.15, -0.1) is 0 Å². The Hall–Kier alpha value is -1.91. The van der Waals surface area contributed by atoms with Crippen LogP contribution in [0.3, 0.4) is 0 Å². The van der Waals surface area contributed by atoms with Gasteiger partial charge < -0.3 is 9.55 Å². The summed E-state index contributed by atoms with van der Waals surface area (Å²) in [6, 6.07) is 0.